The van der Waals surface area contributed by atoms with Crippen LogP contribution in [0.25, 0.3) is 0 Å². The minimum absolute atomic E-state index is 0.0345. The van der Waals surface area contributed by atoms with Crippen molar-refractivity contribution in [3.8, 4) is 5.88 Å². The van der Waals surface area contributed by atoms with E-state index in [0.29, 0.717) is 18.8 Å². The molecular formula is C16H17N3O5S. The van der Waals surface area contributed by atoms with Gasteiger partial charge in [-0.2, -0.15) is 4.31 Å². The Bertz CT molecular complexity index is 866. The van der Waals surface area contributed by atoms with Gasteiger partial charge in [0.05, 0.1) is 16.4 Å². The molecule has 1 aliphatic heterocycles. The smallest absolute Gasteiger partial charge is 0.269 e. The van der Waals surface area contributed by atoms with E-state index < -0.39 is 14.9 Å². The Kier molecular flexibility index (Phi) is 4.69. The predicted octanol–water partition coefficient (Wildman–Crippen LogP) is 2.14. The number of pyridine rings is 1. The summed E-state index contributed by atoms with van der Waals surface area (Å²) in [5, 5.41) is 10.7. The predicted molar refractivity (Wildman–Crippen MR) is 89.9 cm³/mol. The van der Waals surface area contributed by atoms with Crippen LogP contribution in [0.4, 0.5) is 5.69 Å². The normalized spacial score (nSPS) is 18.2. The van der Waals surface area contributed by atoms with Crippen LogP contribution in [0.5, 0.6) is 5.88 Å². The van der Waals surface area contributed by atoms with Crippen LogP contribution in [0.3, 0.4) is 0 Å². The molecule has 1 unspecified atom stereocenters. The van der Waals surface area contributed by atoms with Gasteiger partial charge in [0, 0.05) is 30.9 Å². The number of hydrogen-bond acceptors (Lipinski definition) is 6. The molecule has 0 spiro atoms. The third-order valence-electron chi connectivity index (χ3n) is 3.96. The Morgan fingerprint density at radius 3 is 2.56 bits per heavy atom. The first-order chi connectivity index (χ1) is 11.9. The molecule has 3 rings (SSSR count). The average molecular weight is 363 g/mol. The molecule has 2 heterocycles. The fraction of sp³-hybridized carbons (Fsp3) is 0.312. The fourth-order valence-electron chi connectivity index (χ4n) is 2.60. The highest BCUT2D eigenvalue weighted by Crippen LogP contribution is 2.25. The van der Waals surface area contributed by atoms with E-state index >= 15 is 0 Å². The van der Waals surface area contributed by atoms with Crippen molar-refractivity contribution < 1.29 is 18.1 Å². The van der Waals surface area contributed by atoms with E-state index in [4.69, 9.17) is 4.74 Å². The zero-order chi connectivity index (χ0) is 18.0. The van der Waals surface area contributed by atoms with Gasteiger partial charge in [-0.3, -0.25) is 10.1 Å². The van der Waals surface area contributed by atoms with Gasteiger partial charge < -0.3 is 4.74 Å². The van der Waals surface area contributed by atoms with E-state index in [2.05, 4.69) is 4.98 Å². The summed E-state index contributed by atoms with van der Waals surface area (Å²) in [4.78, 5) is 14.3. The summed E-state index contributed by atoms with van der Waals surface area (Å²) in [6.07, 6.45) is 1.97. The van der Waals surface area contributed by atoms with Crippen LogP contribution >= 0.6 is 0 Å². The Morgan fingerprint density at radius 1 is 1.24 bits per heavy atom. The zero-order valence-electron chi connectivity index (χ0n) is 13.5. The lowest BCUT2D eigenvalue weighted by molar-refractivity contribution is -0.384. The third kappa shape index (κ3) is 3.77. The number of nitro benzene ring substituents is 1. The lowest BCUT2D eigenvalue weighted by Gasteiger charge is -2.17. The zero-order valence-corrected chi connectivity index (χ0v) is 14.3. The number of nitro groups is 1. The van der Waals surface area contributed by atoms with Gasteiger partial charge in [-0.15, -0.1) is 0 Å². The van der Waals surface area contributed by atoms with Crippen molar-refractivity contribution in [1.29, 1.82) is 0 Å². The largest absolute Gasteiger partial charge is 0.473 e. The minimum Gasteiger partial charge on any atom is -0.473 e. The molecule has 1 aromatic heterocycles. The third-order valence-corrected chi connectivity index (χ3v) is 5.84. The number of nitrogens with zero attached hydrogens (tertiary/aromatic N) is 3. The van der Waals surface area contributed by atoms with Crippen LogP contribution in [-0.2, 0) is 10.0 Å². The molecule has 0 bridgehead atoms. The molecule has 2 aromatic rings. The quantitative estimate of drug-likeness (QED) is 0.596. The number of ether oxygens (including phenoxy) is 1. The molecule has 0 N–H and O–H groups in total. The van der Waals surface area contributed by atoms with E-state index in [9.17, 15) is 18.5 Å². The molecular weight excluding hydrogens is 346 g/mol. The molecule has 132 valence electrons. The Morgan fingerprint density at radius 2 is 1.96 bits per heavy atom. The maximum atomic E-state index is 12.6. The summed E-state index contributed by atoms with van der Waals surface area (Å²) in [5.41, 5.74) is 0.869. The van der Waals surface area contributed by atoms with Crippen molar-refractivity contribution in [2.45, 2.75) is 24.3 Å². The molecule has 0 aliphatic carbocycles. The number of benzene rings is 1. The van der Waals surface area contributed by atoms with Crippen molar-refractivity contribution in [3.63, 3.8) is 0 Å². The Labute approximate surface area is 145 Å². The monoisotopic (exact) mass is 363 g/mol. The molecule has 1 fully saturated rings. The van der Waals surface area contributed by atoms with Gasteiger partial charge in [0.25, 0.3) is 5.69 Å². The van der Waals surface area contributed by atoms with Crippen molar-refractivity contribution in [2.75, 3.05) is 13.1 Å². The van der Waals surface area contributed by atoms with E-state index in [-0.39, 0.29) is 23.2 Å². The average Bonchev–Trinajstić information content (AvgIpc) is 3.06. The first-order valence-corrected chi connectivity index (χ1v) is 9.14. The first kappa shape index (κ1) is 17.3. The summed E-state index contributed by atoms with van der Waals surface area (Å²) in [5.74, 6) is 0.463. The standard InChI is InChI=1S/C16H17N3O5S/c1-12-2-7-16(17-10-12)24-14-8-9-18(11-14)25(22,23)15-5-3-13(4-6-15)19(20)21/h2-7,10,14H,8-9,11H2,1H3. The molecule has 9 heteroatoms. The van der Waals surface area contributed by atoms with Crippen molar-refractivity contribution in [2.24, 2.45) is 0 Å². The van der Waals surface area contributed by atoms with Gasteiger partial charge in [0.15, 0.2) is 0 Å². The van der Waals surface area contributed by atoms with Crippen LogP contribution in [0.15, 0.2) is 47.5 Å². The lowest BCUT2D eigenvalue weighted by Crippen LogP contribution is -2.31. The molecule has 8 nitrogen and oxygen atoms in total. The summed E-state index contributed by atoms with van der Waals surface area (Å²) in [6.45, 7) is 2.47. The second kappa shape index (κ2) is 6.77. The second-order valence-corrected chi connectivity index (χ2v) is 7.75. The van der Waals surface area contributed by atoms with E-state index in [0.717, 1.165) is 5.56 Å². The summed E-state index contributed by atoms with van der Waals surface area (Å²) in [7, 11) is -3.70. The summed E-state index contributed by atoms with van der Waals surface area (Å²) >= 11 is 0. The number of aromatic nitrogens is 1. The molecule has 0 saturated carbocycles. The first-order valence-electron chi connectivity index (χ1n) is 7.70. The maximum absolute atomic E-state index is 12.6. The summed E-state index contributed by atoms with van der Waals surface area (Å²) < 4.78 is 32.3. The lowest BCUT2D eigenvalue weighted by atomic mass is 10.3. The highest BCUT2D eigenvalue weighted by Gasteiger charge is 2.34. The molecule has 1 aromatic carbocycles. The van der Waals surface area contributed by atoms with Gasteiger partial charge in [-0.1, -0.05) is 6.07 Å². The molecule has 1 aliphatic rings. The second-order valence-electron chi connectivity index (χ2n) is 5.82. The number of non-ortho nitro benzene ring substituents is 1. The number of hydrogen-bond donors (Lipinski definition) is 0. The van der Waals surface area contributed by atoms with Gasteiger partial charge in [0.2, 0.25) is 15.9 Å². The number of sulfonamides is 1. The minimum atomic E-state index is -3.70. The molecule has 0 radical (unpaired) electrons. The maximum Gasteiger partial charge on any atom is 0.269 e. The van der Waals surface area contributed by atoms with Crippen LogP contribution in [0.2, 0.25) is 0 Å². The number of rotatable bonds is 5. The SMILES string of the molecule is Cc1ccc(OC2CCN(S(=O)(=O)c3ccc([N+](=O)[O-])cc3)C2)nc1. The van der Waals surface area contributed by atoms with Crippen molar-refractivity contribution in [1.82, 2.24) is 9.29 Å². The van der Waals surface area contributed by atoms with E-state index in [1.54, 1.807) is 12.3 Å². The van der Waals surface area contributed by atoms with Crippen LogP contribution in [-0.4, -0.2) is 41.8 Å². The molecule has 25 heavy (non-hydrogen) atoms. The number of aryl methyl sites for hydroxylation is 1. The Balaban J connectivity index is 1.69. The van der Waals surface area contributed by atoms with Gasteiger partial charge in [-0.25, -0.2) is 13.4 Å². The van der Waals surface area contributed by atoms with Crippen LogP contribution in [0.1, 0.15) is 12.0 Å². The van der Waals surface area contributed by atoms with Gasteiger partial charge in [0.1, 0.15) is 6.10 Å². The summed E-state index contributed by atoms with van der Waals surface area (Å²) in [6, 6.07) is 8.51. The van der Waals surface area contributed by atoms with E-state index in [1.165, 1.54) is 28.6 Å². The molecule has 1 saturated heterocycles. The van der Waals surface area contributed by atoms with Crippen LogP contribution < -0.4 is 4.74 Å². The van der Waals surface area contributed by atoms with E-state index in [1.807, 2.05) is 13.0 Å². The van der Waals surface area contributed by atoms with Gasteiger partial charge >= 0.3 is 0 Å². The van der Waals surface area contributed by atoms with Crippen LogP contribution in [0, 0.1) is 17.0 Å². The highest BCUT2D eigenvalue weighted by atomic mass is 32.2. The van der Waals surface area contributed by atoms with Gasteiger partial charge in [-0.05, 0) is 31.0 Å². The highest BCUT2D eigenvalue weighted by molar-refractivity contribution is 7.89. The fourth-order valence-corrected chi connectivity index (χ4v) is 4.08. The van der Waals surface area contributed by atoms with Crippen molar-refractivity contribution >= 4 is 15.7 Å². The Hall–Kier alpha value is -2.52. The molecule has 0 amide bonds. The topological polar surface area (TPSA) is 103 Å². The molecule has 1 atom stereocenters. The van der Waals surface area contributed by atoms with Crippen molar-refractivity contribution in [3.05, 3.63) is 58.3 Å².